The number of hydrogen-bond donors (Lipinski definition) is 6. The Kier molecular flexibility index (Phi) is 26.4. The fourth-order valence-electron chi connectivity index (χ4n) is 15.3. The van der Waals surface area contributed by atoms with Crippen LogP contribution < -0.4 is 11.5 Å². The van der Waals surface area contributed by atoms with Crippen molar-refractivity contribution < 1.29 is 61.2 Å². The molecule has 10 saturated carbocycles. The van der Waals surface area contributed by atoms with Gasteiger partial charge in [0, 0.05) is 104 Å². The van der Waals surface area contributed by atoms with Crippen LogP contribution in [0.2, 0.25) is 0 Å². The Morgan fingerprint density at radius 2 is 1.03 bits per heavy atom. The molecule has 8 N–H and O–H groups in total. The predicted molar refractivity (Wildman–Crippen MR) is 399 cm³/mol. The number of H-pyrrole nitrogens is 2. The van der Waals surface area contributed by atoms with Crippen LogP contribution in [-0.2, 0) is 46.7 Å². The molecule has 3 aromatic carbocycles. The van der Waals surface area contributed by atoms with E-state index >= 15 is 0 Å². The Bertz CT molecular complexity index is 4480. The first-order valence-electron chi connectivity index (χ1n) is 32.5. The second kappa shape index (κ2) is 32.4. The molecule has 10 aliphatic carbocycles. The van der Waals surface area contributed by atoms with Crippen LogP contribution in [0.3, 0.4) is 0 Å². The summed E-state index contributed by atoms with van der Waals surface area (Å²) in [5.74, 6) is -8.19. The third-order valence-electron chi connectivity index (χ3n) is 19.8. The maximum absolute atomic E-state index is 13.0. The first kappa shape index (κ1) is 83.9. The molecule has 19 rings (SSSR count). The summed E-state index contributed by atoms with van der Waals surface area (Å²) in [6, 6.07) is 30.4. The molecule has 30 heteroatoms. The highest BCUT2D eigenvalue weighted by Gasteiger charge is 2.70. The summed E-state index contributed by atoms with van der Waals surface area (Å²) in [6.45, 7) is 1.58. The molecule has 10 aliphatic rings. The lowest BCUT2D eigenvalue weighted by Gasteiger charge is -2.71. The van der Waals surface area contributed by atoms with Crippen LogP contribution in [0, 0.1) is 41.4 Å². The van der Waals surface area contributed by atoms with Crippen molar-refractivity contribution in [2.75, 3.05) is 30.5 Å². The van der Waals surface area contributed by atoms with Crippen molar-refractivity contribution >= 4 is 105 Å². The SMILES string of the molecule is C.C.C.C.Cc1ccc(S(=O)(=O)OCC2CC(F)(F)C2)cc1.Cl.FC1(F)CC(CSCc2ccccc2)C1.N=C(N)SCc1ccccc1.NC12CC(n3cnc4cnc5[nH]ccc5c43)(C1)C2.O=S(=O)(CC1CC(F)(F)C1)CC12CC(n3cnc4cnc5[nH]ccc5c43)(C1)C2.OCC1CC(F)(F)C1. The van der Waals surface area contributed by atoms with Crippen LogP contribution in [0.1, 0.15) is 136 Å². The van der Waals surface area contributed by atoms with Crippen molar-refractivity contribution in [3.8, 4) is 0 Å². The number of nitrogens with zero attached hydrogens (tertiary/aromatic N) is 6. The number of alkyl halides is 8. The minimum atomic E-state index is -3.83. The molecule has 6 heterocycles. The maximum atomic E-state index is 13.0. The number of halogens is 9. The summed E-state index contributed by atoms with van der Waals surface area (Å²) >= 11 is 3.10. The Morgan fingerprint density at radius 1 is 0.602 bits per heavy atom. The Hall–Kier alpha value is -6.34. The molecule has 9 aromatic rings. The minimum absolute atomic E-state index is 0. The Morgan fingerprint density at radius 3 is 1.46 bits per heavy atom. The van der Waals surface area contributed by atoms with Crippen molar-refractivity contribution in [3.63, 3.8) is 0 Å². The van der Waals surface area contributed by atoms with Crippen LogP contribution in [0.25, 0.3) is 44.1 Å². The number of imidazole rings is 2. The predicted octanol–water partition coefficient (Wildman–Crippen LogP) is 17.3. The van der Waals surface area contributed by atoms with Crippen molar-refractivity contribution in [1.29, 1.82) is 5.41 Å². The fourth-order valence-corrected chi connectivity index (χ4v) is 20.2. The smallest absolute Gasteiger partial charge is 0.296 e. The molecule has 0 amide bonds. The van der Waals surface area contributed by atoms with E-state index in [0.29, 0.717) is 0 Å². The molecule has 0 radical (unpaired) electrons. The fraction of sp³-hybridized carbons (Fsp3) is 0.521. The Labute approximate surface area is 612 Å². The maximum Gasteiger partial charge on any atom is 0.296 e. The third kappa shape index (κ3) is 19.5. The van der Waals surface area contributed by atoms with E-state index in [2.05, 4.69) is 57.2 Å². The van der Waals surface area contributed by atoms with Gasteiger partial charge in [-0.2, -0.15) is 20.2 Å². The van der Waals surface area contributed by atoms with Crippen molar-refractivity contribution in [3.05, 3.63) is 151 Å². The molecule has 6 aromatic heterocycles. The molecule has 17 nitrogen and oxygen atoms in total. The standard InChI is InChI=1S/C19H20F2N4O2S.C13H13N5.C12H14F2O3S.C12H14F2S.C8H10N2S.C5H8F2O.4CH4.ClH/c20-19(21)3-12(4-19)6-28(26,27)10-17-7-18(8-17,9-17)25-11-24-14-5-23-16-13(15(14)25)1-2-22-16;14-12-4-13(5-12,6-12)18-7-17-9-3-16-11-8(10(9)18)1-2-15-11;1-9-2-4-11(5-3-9)18(15,16)17-8-10-6-12(13,14)7-10;13-12(14)6-11(7-12)9-15-8-10-4-2-1-3-5-10;9-8(10)11-6-7-4-2-1-3-5-7;6-5(7)1-4(2-5)3-8;;;;;/h1-2,5,11-12H,3-4,6-10H2,(H,22,23);1-3,7H,4-6,14H2,(H,15,16);2-5,10H,6-8H2,1H3;1-5,11H,6-9H2;1-5H,6H2,(H3,9,10);4,8H,1-3H2;4*1H4;1H. The lowest BCUT2D eigenvalue weighted by atomic mass is 9.40. The zero-order valence-electron chi connectivity index (χ0n) is 54.3. The molecule has 4 bridgehead atoms. The summed E-state index contributed by atoms with van der Waals surface area (Å²) in [5, 5.41) is 17.6. The molecule has 0 spiro atoms. The number of hydrogen-bond acceptors (Lipinski definition) is 14. The average molecular weight is 1540 g/mol. The van der Waals surface area contributed by atoms with Gasteiger partial charge in [-0.1, -0.05) is 120 Å². The lowest BCUT2D eigenvalue weighted by molar-refractivity contribution is -0.168. The number of pyridine rings is 2. The van der Waals surface area contributed by atoms with Gasteiger partial charge < -0.3 is 35.7 Å². The van der Waals surface area contributed by atoms with E-state index in [1.165, 1.54) is 40.5 Å². The highest BCUT2D eigenvalue weighted by Crippen LogP contribution is 2.72. The number of aromatic nitrogens is 8. The molecule has 103 heavy (non-hydrogen) atoms. The van der Waals surface area contributed by atoms with E-state index in [-0.39, 0.29) is 174 Å². The molecular formula is C73H96ClF8N11O6S4. The second-order valence-corrected chi connectivity index (χ2v) is 34.3. The van der Waals surface area contributed by atoms with Gasteiger partial charge in [-0.05, 0) is 116 Å². The number of aromatic amines is 2. The lowest BCUT2D eigenvalue weighted by Crippen LogP contribution is -2.76. The van der Waals surface area contributed by atoms with Gasteiger partial charge in [0.1, 0.15) is 22.3 Å². The van der Waals surface area contributed by atoms with E-state index < -0.39 is 43.6 Å². The molecule has 0 unspecified atom stereocenters. The van der Waals surface area contributed by atoms with Gasteiger partial charge in [0.05, 0.1) is 64.6 Å². The largest absolute Gasteiger partial charge is 0.396 e. The van der Waals surface area contributed by atoms with Crippen LogP contribution in [0.15, 0.2) is 139 Å². The third-order valence-corrected chi connectivity index (χ3v) is 25.2. The number of sulfone groups is 1. The average Bonchev–Trinajstić information content (AvgIpc) is 1.61. The number of nitrogens with one attached hydrogen (secondary N) is 3. The van der Waals surface area contributed by atoms with E-state index in [0.717, 1.165) is 100.0 Å². The molecule has 0 atom stereocenters. The van der Waals surface area contributed by atoms with Crippen LogP contribution in [-0.4, -0.2) is 126 Å². The number of aliphatic hydroxyl groups is 1. The first-order valence-corrected chi connectivity index (χ1v) is 37.9. The number of nitrogens with two attached hydrogens (primary N) is 2. The van der Waals surface area contributed by atoms with Crippen molar-refractivity contribution in [2.45, 2.75) is 183 Å². The summed E-state index contributed by atoms with van der Waals surface area (Å²) in [5.41, 5.74) is 20.6. The van der Waals surface area contributed by atoms with Crippen molar-refractivity contribution in [1.82, 2.24) is 39.0 Å². The highest BCUT2D eigenvalue weighted by molar-refractivity contribution is 8.13. The van der Waals surface area contributed by atoms with Gasteiger partial charge in [0.2, 0.25) is 23.7 Å². The van der Waals surface area contributed by atoms with Crippen molar-refractivity contribution in [2.24, 2.45) is 40.6 Å². The normalized spacial score (nSPS) is 23.9. The summed E-state index contributed by atoms with van der Waals surface area (Å²) in [4.78, 5) is 24.1. The topological polar surface area (TPSA) is 267 Å². The number of amidine groups is 1. The van der Waals surface area contributed by atoms with E-state index in [9.17, 15) is 52.0 Å². The van der Waals surface area contributed by atoms with Crippen LogP contribution >= 0.6 is 35.9 Å². The zero-order valence-corrected chi connectivity index (χ0v) is 58.3. The first-order chi connectivity index (χ1) is 46.2. The summed E-state index contributed by atoms with van der Waals surface area (Å²) < 4.78 is 158. The second-order valence-electron chi connectivity index (χ2n) is 28.5. The van der Waals surface area contributed by atoms with Gasteiger partial charge in [0.25, 0.3) is 10.1 Å². The number of aliphatic hydroxyl groups excluding tert-OH is 1. The van der Waals surface area contributed by atoms with Gasteiger partial charge in [0.15, 0.2) is 15.0 Å². The zero-order chi connectivity index (χ0) is 69.7. The van der Waals surface area contributed by atoms with E-state index in [1.54, 1.807) is 30.1 Å². The van der Waals surface area contributed by atoms with Gasteiger partial charge in [-0.25, -0.2) is 63.5 Å². The quantitative estimate of drug-likeness (QED) is 0.0214. The molecule has 566 valence electrons. The summed E-state index contributed by atoms with van der Waals surface area (Å²) in [7, 11) is -7.14. The number of benzene rings is 3. The number of aryl methyl sites for hydroxylation is 1. The molecular weight excluding hydrogens is 1440 g/mol. The van der Waals surface area contributed by atoms with Gasteiger partial charge >= 0.3 is 0 Å². The van der Waals surface area contributed by atoms with Gasteiger partial charge in [-0.15, -0.1) is 12.4 Å². The van der Waals surface area contributed by atoms with E-state index in [1.807, 2.05) is 92.8 Å². The number of fused-ring (bicyclic) bond motifs is 6. The van der Waals surface area contributed by atoms with E-state index in [4.69, 9.17) is 26.2 Å². The van der Waals surface area contributed by atoms with Crippen LogP contribution in [0.4, 0.5) is 35.1 Å². The highest BCUT2D eigenvalue weighted by atomic mass is 35.5. The van der Waals surface area contributed by atoms with Crippen LogP contribution in [0.5, 0.6) is 0 Å². The Balaban J connectivity index is 0.000000178. The molecule has 10 fully saturated rings. The summed E-state index contributed by atoms with van der Waals surface area (Å²) in [6.07, 6.45) is 15.6. The monoisotopic (exact) mass is 1540 g/mol. The van der Waals surface area contributed by atoms with Gasteiger partial charge in [-0.3, -0.25) is 9.59 Å². The minimum Gasteiger partial charge on any atom is -0.396 e. The number of rotatable bonds is 17. The molecule has 0 aliphatic heterocycles. The number of thioether (sulfide) groups is 2. The molecule has 0 saturated heterocycles.